The van der Waals surface area contributed by atoms with E-state index in [1.807, 2.05) is 18.2 Å². The lowest BCUT2D eigenvalue weighted by Gasteiger charge is -1.84. The second-order valence-corrected chi connectivity index (χ2v) is 3.76. The minimum Gasteiger partial charge on any atom is -0.446 e. The molecule has 0 aliphatic rings. The van der Waals surface area contributed by atoms with Gasteiger partial charge in [0, 0.05) is 11.4 Å². The van der Waals surface area contributed by atoms with Crippen molar-refractivity contribution in [2.75, 3.05) is 0 Å². The largest absolute Gasteiger partial charge is 0.446 e. The molecule has 0 saturated carbocycles. The minimum absolute atomic E-state index is 0.639. The Bertz CT molecular complexity index is 408. The molecule has 2 aromatic heterocycles. The van der Waals surface area contributed by atoms with Crippen LogP contribution in [0.5, 0.6) is 0 Å². The molecular formula is C8H5Br2NO2. The fraction of sp³-hybridized carbons (Fsp3) is 0.125. The molecule has 0 aliphatic heterocycles. The molecule has 3 nitrogen and oxygen atoms in total. The van der Waals surface area contributed by atoms with Gasteiger partial charge in [-0.3, -0.25) is 0 Å². The third-order valence-corrected chi connectivity index (χ3v) is 2.51. The lowest BCUT2D eigenvalue weighted by Crippen LogP contribution is -1.70. The van der Waals surface area contributed by atoms with Crippen molar-refractivity contribution in [2.24, 2.45) is 0 Å². The van der Waals surface area contributed by atoms with Crippen LogP contribution < -0.4 is 0 Å². The van der Waals surface area contributed by atoms with E-state index in [1.54, 1.807) is 0 Å². The second-order valence-electron chi connectivity index (χ2n) is 2.42. The van der Waals surface area contributed by atoms with E-state index in [0.717, 1.165) is 5.69 Å². The Balaban J connectivity index is 2.35. The molecular weight excluding hydrogens is 302 g/mol. The Morgan fingerprint density at radius 3 is 2.69 bits per heavy atom. The highest BCUT2D eigenvalue weighted by Crippen LogP contribution is 2.25. The molecule has 0 unspecified atom stereocenters. The number of hydrogen-bond acceptors (Lipinski definition) is 3. The van der Waals surface area contributed by atoms with E-state index >= 15 is 0 Å². The molecule has 2 aromatic rings. The van der Waals surface area contributed by atoms with Crippen molar-refractivity contribution in [3.8, 4) is 11.5 Å². The number of furan rings is 1. The Labute approximate surface area is 91.3 Å². The van der Waals surface area contributed by atoms with Crippen LogP contribution in [0, 0.1) is 0 Å². The van der Waals surface area contributed by atoms with Gasteiger partial charge in [-0.15, -0.1) is 0 Å². The quantitative estimate of drug-likeness (QED) is 0.796. The molecule has 13 heavy (non-hydrogen) atoms. The Hall–Kier alpha value is -0.550. The fourth-order valence-electron chi connectivity index (χ4n) is 0.938. The molecule has 0 radical (unpaired) electrons. The maximum absolute atomic E-state index is 5.29. The average molecular weight is 307 g/mol. The summed E-state index contributed by atoms with van der Waals surface area (Å²) in [4.78, 5) is 0. The molecule has 0 saturated heterocycles. The predicted octanol–water partition coefficient (Wildman–Crippen LogP) is 3.59. The third kappa shape index (κ3) is 1.86. The molecule has 0 aromatic carbocycles. The fourth-order valence-corrected chi connectivity index (χ4v) is 1.51. The summed E-state index contributed by atoms with van der Waals surface area (Å²) in [7, 11) is 0. The minimum atomic E-state index is 0.639. The lowest BCUT2D eigenvalue weighted by molar-refractivity contribution is 0.411. The Morgan fingerprint density at radius 2 is 2.15 bits per heavy atom. The molecule has 0 spiro atoms. The van der Waals surface area contributed by atoms with Crippen molar-refractivity contribution >= 4 is 31.9 Å². The van der Waals surface area contributed by atoms with Gasteiger partial charge in [0.1, 0.15) is 0 Å². The summed E-state index contributed by atoms with van der Waals surface area (Å²) in [6.45, 7) is 0. The first-order valence-electron chi connectivity index (χ1n) is 3.57. The molecule has 5 heteroatoms. The van der Waals surface area contributed by atoms with Crippen LogP contribution >= 0.6 is 31.9 Å². The SMILES string of the molecule is BrCc1cc(-c2ccc(Br)o2)on1. The Morgan fingerprint density at radius 1 is 1.31 bits per heavy atom. The molecule has 68 valence electrons. The zero-order valence-corrected chi connectivity index (χ0v) is 9.63. The number of nitrogens with zero attached hydrogens (tertiary/aromatic N) is 1. The van der Waals surface area contributed by atoms with Crippen LogP contribution in [-0.4, -0.2) is 5.16 Å². The van der Waals surface area contributed by atoms with Gasteiger partial charge in [-0.05, 0) is 28.1 Å². The Kier molecular flexibility index (Phi) is 2.55. The van der Waals surface area contributed by atoms with Crippen molar-refractivity contribution in [3.63, 3.8) is 0 Å². The highest BCUT2D eigenvalue weighted by Gasteiger charge is 2.09. The predicted molar refractivity (Wildman–Crippen MR) is 54.5 cm³/mol. The maximum atomic E-state index is 5.29. The first-order valence-corrected chi connectivity index (χ1v) is 5.48. The molecule has 0 amide bonds. The van der Waals surface area contributed by atoms with Crippen LogP contribution in [-0.2, 0) is 5.33 Å². The standard InChI is InChI=1S/C8H5Br2NO2/c9-4-5-3-7(13-11-5)6-1-2-8(10)12-6/h1-3H,4H2. The molecule has 2 rings (SSSR count). The molecule has 0 bridgehead atoms. The van der Waals surface area contributed by atoms with E-state index in [1.165, 1.54) is 0 Å². The summed E-state index contributed by atoms with van der Waals surface area (Å²) in [5.41, 5.74) is 0.850. The van der Waals surface area contributed by atoms with Gasteiger partial charge in [-0.25, -0.2) is 0 Å². The van der Waals surface area contributed by atoms with Crippen molar-refractivity contribution in [2.45, 2.75) is 5.33 Å². The third-order valence-electron chi connectivity index (χ3n) is 1.51. The van der Waals surface area contributed by atoms with Gasteiger partial charge in [-0.2, -0.15) is 0 Å². The smallest absolute Gasteiger partial charge is 0.202 e. The summed E-state index contributed by atoms with van der Waals surface area (Å²) >= 11 is 6.50. The summed E-state index contributed by atoms with van der Waals surface area (Å²) in [5, 5.41) is 4.50. The van der Waals surface area contributed by atoms with Crippen molar-refractivity contribution < 1.29 is 8.94 Å². The molecule has 0 atom stereocenters. The molecule has 2 heterocycles. The second kappa shape index (κ2) is 3.67. The summed E-state index contributed by atoms with van der Waals surface area (Å²) < 4.78 is 11.0. The normalized spacial score (nSPS) is 10.6. The number of rotatable bonds is 2. The van der Waals surface area contributed by atoms with Crippen LogP contribution in [0.15, 0.2) is 31.8 Å². The van der Waals surface area contributed by atoms with Gasteiger partial charge < -0.3 is 8.94 Å². The van der Waals surface area contributed by atoms with Crippen molar-refractivity contribution in [1.29, 1.82) is 0 Å². The monoisotopic (exact) mass is 305 g/mol. The number of halogens is 2. The number of hydrogen-bond donors (Lipinski definition) is 0. The van der Waals surface area contributed by atoms with E-state index < -0.39 is 0 Å². The average Bonchev–Trinajstić information content (AvgIpc) is 2.71. The van der Waals surface area contributed by atoms with Gasteiger partial charge in [0.05, 0.1) is 5.69 Å². The first kappa shape index (κ1) is 9.02. The van der Waals surface area contributed by atoms with E-state index in [0.29, 0.717) is 21.5 Å². The van der Waals surface area contributed by atoms with Crippen LogP contribution in [0.2, 0.25) is 0 Å². The summed E-state index contributed by atoms with van der Waals surface area (Å²) in [6.07, 6.45) is 0. The van der Waals surface area contributed by atoms with Gasteiger partial charge in [0.2, 0.25) is 5.76 Å². The van der Waals surface area contributed by atoms with Gasteiger partial charge >= 0.3 is 0 Å². The highest BCUT2D eigenvalue weighted by atomic mass is 79.9. The maximum Gasteiger partial charge on any atom is 0.202 e. The van der Waals surface area contributed by atoms with Crippen LogP contribution in [0.1, 0.15) is 5.69 Å². The summed E-state index contributed by atoms with van der Waals surface area (Å²) in [6, 6.07) is 5.47. The van der Waals surface area contributed by atoms with Gasteiger partial charge in [0.15, 0.2) is 10.4 Å². The van der Waals surface area contributed by atoms with E-state index in [4.69, 9.17) is 8.94 Å². The molecule has 0 fully saturated rings. The van der Waals surface area contributed by atoms with Crippen molar-refractivity contribution in [3.05, 3.63) is 28.6 Å². The lowest BCUT2D eigenvalue weighted by atomic mass is 10.3. The number of alkyl halides is 1. The van der Waals surface area contributed by atoms with E-state index in [9.17, 15) is 0 Å². The van der Waals surface area contributed by atoms with Crippen molar-refractivity contribution in [1.82, 2.24) is 5.16 Å². The summed E-state index contributed by atoms with van der Waals surface area (Å²) in [5.74, 6) is 1.31. The van der Waals surface area contributed by atoms with Gasteiger partial charge in [0.25, 0.3) is 0 Å². The number of aromatic nitrogens is 1. The molecule has 0 N–H and O–H groups in total. The topological polar surface area (TPSA) is 39.2 Å². The van der Waals surface area contributed by atoms with Gasteiger partial charge in [-0.1, -0.05) is 21.1 Å². The van der Waals surface area contributed by atoms with E-state index in [2.05, 4.69) is 37.0 Å². The first-order chi connectivity index (χ1) is 6.29. The zero-order chi connectivity index (χ0) is 9.26. The highest BCUT2D eigenvalue weighted by molar-refractivity contribution is 9.10. The van der Waals surface area contributed by atoms with Crippen LogP contribution in [0.3, 0.4) is 0 Å². The zero-order valence-electron chi connectivity index (χ0n) is 6.46. The molecule has 0 aliphatic carbocycles. The van der Waals surface area contributed by atoms with Crippen LogP contribution in [0.25, 0.3) is 11.5 Å². The van der Waals surface area contributed by atoms with Crippen LogP contribution in [0.4, 0.5) is 0 Å². The van der Waals surface area contributed by atoms with E-state index in [-0.39, 0.29) is 0 Å².